The minimum absolute atomic E-state index is 0.0525. The van der Waals surface area contributed by atoms with Crippen molar-refractivity contribution in [3.8, 4) is 0 Å². The van der Waals surface area contributed by atoms with Crippen LogP contribution in [0.25, 0.3) is 0 Å². The van der Waals surface area contributed by atoms with Crippen molar-refractivity contribution in [2.75, 3.05) is 25.5 Å². The number of carbonyl (C=O) groups excluding carboxylic acids is 1. The van der Waals surface area contributed by atoms with E-state index in [0.29, 0.717) is 30.6 Å². The van der Waals surface area contributed by atoms with Gasteiger partial charge in [0.1, 0.15) is 11.6 Å². The molecular formula is C26H35F2N7O. The van der Waals surface area contributed by atoms with Crippen LogP contribution < -0.4 is 10.6 Å². The Morgan fingerprint density at radius 1 is 1.36 bits per heavy atom. The number of aromatic amines is 1. The summed E-state index contributed by atoms with van der Waals surface area (Å²) in [6.45, 7) is 5.80. The molecule has 3 atom stereocenters. The van der Waals surface area contributed by atoms with Crippen LogP contribution in [-0.4, -0.2) is 62.8 Å². The maximum Gasteiger partial charge on any atom is 0.242 e. The van der Waals surface area contributed by atoms with E-state index in [1.165, 1.54) is 11.6 Å². The average molecular weight is 500 g/mol. The van der Waals surface area contributed by atoms with Gasteiger partial charge in [-0.2, -0.15) is 5.10 Å². The lowest BCUT2D eigenvalue weighted by Crippen LogP contribution is -2.47. The van der Waals surface area contributed by atoms with Crippen LogP contribution in [0, 0.1) is 11.6 Å². The van der Waals surface area contributed by atoms with E-state index in [1.54, 1.807) is 6.33 Å². The standard InChI is InChI=1S/C26H35F2N7O/c1-4-24(32-21-6-5-19-9-20(27)10-23(28)22(19)11-21)26(36)33-25-15-35(16-29-25)17(2)14-34(3)8-7-18-12-30-31-13-18/h9-10,12-13,15-17,21,24,32H,4-8,11,14H2,1-3H3,(H,30,31)(H,33,36)/t17-,21?,24-/m0/s1. The Morgan fingerprint density at radius 3 is 2.94 bits per heavy atom. The molecular weight excluding hydrogens is 464 g/mol. The van der Waals surface area contributed by atoms with Crippen molar-refractivity contribution in [3.05, 3.63) is 65.4 Å². The predicted molar refractivity (Wildman–Crippen MR) is 135 cm³/mol. The predicted octanol–water partition coefficient (Wildman–Crippen LogP) is 3.48. The van der Waals surface area contributed by atoms with E-state index in [0.717, 1.165) is 37.6 Å². The molecule has 0 saturated carbocycles. The highest BCUT2D eigenvalue weighted by Gasteiger charge is 2.27. The summed E-state index contributed by atoms with van der Waals surface area (Å²) >= 11 is 0. The molecule has 0 radical (unpaired) electrons. The van der Waals surface area contributed by atoms with Crippen molar-refractivity contribution in [1.29, 1.82) is 0 Å². The van der Waals surface area contributed by atoms with Gasteiger partial charge in [-0.05, 0) is 68.8 Å². The first-order valence-corrected chi connectivity index (χ1v) is 12.6. The number of benzene rings is 1. The lowest BCUT2D eigenvalue weighted by molar-refractivity contribution is -0.118. The van der Waals surface area contributed by atoms with Crippen LogP contribution in [-0.2, 0) is 24.1 Å². The Labute approximate surface area is 210 Å². The number of hydrogen-bond donors (Lipinski definition) is 3. The van der Waals surface area contributed by atoms with Gasteiger partial charge in [0.25, 0.3) is 0 Å². The second-order valence-electron chi connectivity index (χ2n) is 9.76. The number of aryl methyl sites for hydroxylation is 1. The van der Waals surface area contributed by atoms with Gasteiger partial charge in [0, 0.05) is 43.6 Å². The van der Waals surface area contributed by atoms with Crippen molar-refractivity contribution in [1.82, 2.24) is 30.0 Å². The minimum Gasteiger partial charge on any atom is -0.331 e. The number of carbonyl (C=O) groups is 1. The summed E-state index contributed by atoms with van der Waals surface area (Å²) in [6, 6.07) is 2.03. The molecule has 3 aromatic rings. The maximum absolute atomic E-state index is 14.3. The Balaban J connectivity index is 1.28. The maximum atomic E-state index is 14.3. The number of aromatic nitrogens is 4. The SMILES string of the molecule is CC[C@H](NC1CCc2cc(F)cc(F)c2C1)C(=O)Nc1cn([C@@H](C)CN(C)CCc2cn[nH]c2)cn1. The number of amides is 1. The third-order valence-corrected chi connectivity index (χ3v) is 6.90. The molecule has 3 N–H and O–H groups in total. The molecule has 4 rings (SSSR count). The monoisotopic (exact) mass is 499 g/mol. The molecule has 1 unspecified atom stereocenters. The van der Waals surface area contributed by atoms with E-state index < -0.39 is 17.7 Å². The topological polar surface area (TPSA) is 90.9 Å². The molecule has 0 spiro atoms. The molecule has 1 aromatic carbocycles. The molecule has 10 heteroatoms. The van der Waals surface area contributed by atoms with Crippen molar-refractivity contribution in [2.24, 2.45) is 0 Å². The van der Waals surface area contributed by atoms with Crippen molar-refractivity contribution < 1.29 is 13.6 Å². The second-order valence-corrected chi connectivity index (χ2v) is 9.76. The van der Waals surface area contributed by atoms with E-state index in [4.69, 9.17) is 0 Å². The summed E-state index contributed by atoms with van der Waals surface area (Å²) in [5.41, 5.74) is 2.44. The van der Waals surface area contributed by atoms with Crippen LogP contribution in [0.15, 0.2) is 37.1 Å². The zero-order chi connectivity index (χ0) is 25.7. The van der Waals surface area contributed by atoms with E-state index in [2.05, 4.69) is 44.7 Å². The van der Waals surface area contributed by atoms with Gasteiger partial charge < -0.3 is 20.1 Å². The Kier molecular flexibility index (Phi) is 8.48. The summed E-state index contributed by atoms with van der Waals surface area (Å²) in [4.78, 5) is 19.6. The van der Waals surface area contributed by atoms with Crippen LogP contribution in [0.3, 0.4) is 0 Å². The lowest BCUT2D eigenvalue weighted by Gasteiger charge is -2.29. The summed E-state index contributed by atoms with van der Waals surface area (Å²) in [5.74, 6) is -0.722. The molecule has 36 heavy (non-hydrogen) atoms. The van der Waals surface area contributed by atoms with Crippen molar-refractivity contribution in [3.63, 3.8) is 0 Å². The first-order chi connectivity index (χ1) is 17.3. The van der Waals surface area contributed by atoms with Crippen LogP contribution in [0.4, 0.5) is 14.6 Å². The number of anilines is 1. The molecule has 1 aliphatic carbocycles. The van der Waals surface area contributed by atoms with Crippen molar-refractivity contribution in [2.45, 2.75) is 64.1 Å². The second kappa shape index (κ2) is 11.7. The lowest BCUT2D eigenvalue weighted by atomic mass is 9.87. The van der Waals surface area contributed by atoms with Gasteiger partial charge in [0.15, 0.2) is 5.82 Å². The largest absolute Gasteiger partial charge is 0.331 e. The smallest absolute Gasteiger partial charge is 0.242 e. The molecule has 1 amide bonds. The van der Waals surface area contributed by atoms with Gasteiger partial charge in [-0.1, -0.05) is 6.92 Å². The van der Waals surface area contributed by atoms with Crippen LogP contribution in [0.2, 0.25) is 0 Å². The highest BCUT2D eigenvalue weighted by molar-refractivity contribution is 5.93. The highest BCUT2D eigenvalue weighted by Crippen LogP contribution is 2.25. The van der Waals surface area contributed by atoms with Gasteiger partial charge in [-0.3, -0.25) is 9.89 Å². The minimum atomic E-state index is -0.543. The first kappa shape index (κ1) is 26.0. The van der Waals surface area contributed by atoms with Gasteiger partial charge in [-0.25, -0.2) is 13.8 Å². The number of nitrogens with one attached hydrogen (secondary N) is 3. The number of imidazole rings is 1. The number of likely N-dealkylation sites (N-methyl/N-ethyl adjacent to an activating group) is 1. The molecule has 194 valence electrons. The third-order valence-electron chi connectivity index (χ3n) is 6.90. The average Bonchev–Trinajstić information content (AvgIpc) is 3.53. The van der Waals surface area contributed by atoms with Crippen LogP contribution in [0.5, 0.6) is 0 Å². The number of fused-ring (bicyclic) bond motifs is 1. The Hall–Kier alpha value is -3.11. The number of rotatable bonds is 11. The zero-order valence-corrected chi connectivity index (χ0v) is 21.1. The van der Waals surface area contributed by atoms with E-state index in [1.807, 2.05) is 30.1 Å². The molecule has 0 saturated heterocycles. The molecule has 0 aliphatic heterocycles. The zero-order valence-electron chi connectivity index (χ0n) is 21.1. The van der Waals surface area contributed by atoms with Gasteiger partial charge in [-0.15, -0.1) is 0 Å². The summed E-state index contributed by atoms with van der Waals surface area (Å²) in [7, 11) is 2.08. The molecule has 1 aliphatic rings. The van der Waals surface area contributed by atoms with Crippen molar-refractivity contribution >= 4 is 11.7 Å². The normalized spacial score (nSPS) is 17.1. The fourth-order valence-corrected chi connectivity index (χ4v) is 4.82. The molecule has 2 aromatic heterocycles. The fraction of sp³-hybridized carbons (Fsp3) is 0.500. The fourth-order valence-electron chi connectivity index (χ4n) is 4.82. The number of nitrogens with zero attached hydrogens (tertiary/aromatic N) is 4. The van der Waals surface area contributed by atoms with E-state index in [9.17, 15) is 13.6 Å². The third kappa shape index (κ3) is 6.55. The summed E-state index contributed by atoms with van der Waals surface area (Å²) in [5, 5.41) is 13.1. The number of H-pyrrole nitrogens is 1. The van der Waals surface area contributed by atoms with Gasteiger partial charge in [0.05, 0.1) is 18.6 Å². The van der Waals surface area contributed by atoms with Gasteiger partial charge >= 0.3 is 0 Å². The Bertz CT molecular complexity index is 1150. The molecule has 2 heterocycles. The molecule has 8 nitrogen and oxygen atoms in total. The van der Waals surface area contributed by atoms with Crippen LogP contribution >= 0.6 is 0 Å². The molecule has 0 fully saturated rings. The highest BCUT2D eigenvalue weighted by atomic mass is 19.1. The van der Waals surface area contributed by atoms with Gasteiger partial charge in [0.2, 0.25) is 5.91 Å². The van der Waals surface area contributed by atoms with Crippen LogP contribution in [0.1, 0.15) is 49.4 Å². The van der Waals surface area contributed by atoms with E-state index >= 15 is 0 Å². The van der Waals surface area contributed by atoms with E-state index in [-0.39, 0.29) is 18.0 Å². The number of halogens is 2. The number of hydrogen-bond acceptors (Lipinski definition) is 5. The Morgan fingerprint density at radius 2 is 2.19 bits per heavy atom. The quantitative estimate of drug-likeness (QED) is 0.376. The summed E-state index contributed by atoms with van der Waals surface area (Å²) in [6.07, 6.45) is 10.6. The first-order valence-electron chi connectivity index (χ1n) is 12.6. The summed E-state index contributed by atoms with van der Waals surface area (Å²) < 4.78 is 29.8. The molecule has 0 bridgehead atoms.